The second kappa shape index (κ2) is 6.90. The van der Waals surface area contributed by atoms with Crippen LogP contribution in [-0.2, 0) is 4.79 Å². The molecule has 8 heteroatoms. The summed E-state index contributed by atoms with van der Waals surface area (Å²) in [5.74, 6) is -2.02. The fourth-order valence-corrected chi connectivity index (χ4v) is 2.12. The number of nitrogens with zero attached hydrogens (tertiary/aromatic N) is 1. The first-order valence-corrected chi connectivity index (χ1v) is 7.11. The quantitative estimate of drug-likeness (QED) is 0.576. The highest BCUT2D eigenvalue weighted by Gasteiger charge is 2.09. The van der Waals surface area contributed by atoms with Crippen molar-refractivity contribution in [2.24, 2.45) is 0 Å². The summed E-state index contributed by atoms with van der Waals surface area (Å²) in [5, 5.41) is 11.6. The predicted molar refractivity (Wildman–Crippen MR) is 81.4 cm³/mol. The number of carboxylic acids is 1. The van der Waals surface area contributed by atoms with Crippen molar-refractivity contribution in [3.8, 4) is 0 Å². The van der Waals surface area contributed by atoms with Crippen LogP contribution in [-0.4, -0.2) is 27.7 Å². The van der Waals surface area contributed by atoms with Crippen LogP contribution in [0.4, 0.5) is 15.8 Å². The van der Waals surface area contributed by atoms with Gasteiger partial charge in [0, 0.05) is 11.9 Å². The molecule has 0 radical (unpaired) electrons. The van der Waals surface area contributed by atoms with E-state index >= 15 is 0 Å². The molecule has 0 aliphatic carbocycles. The summed E-state index contributed by atoms with van der Waals surface area (Å²) in [4.78, 5) is 26.5. The summed E-state index contributed by atoms with van der Waals surface area (Å²) in [6.07, 6.45) is 1.34. The van der Waals surface area contributed by atoms with Crippen molar-refractivity contribution < 1.29 is 19.1 Å². The number of nitrogen functional groups attached to an aromatic ring is 1. The minimum absolute atomic E-state index is 0.0589. The van der Waals surface area contributed by atoms with E-state index < -0.39 is 17.7 Å². The minimum Gasteiger partial charge on any atom is -0.481 e. The number of hydrogen-bond acceptors (Lipinski definition) is 5. The maximum atomic E-state index is 13.0. The molecule has 1 aromatic heterocycles. The lowest BCUT2D eigenvalue weighted by atomic mass is 10.2. The van der Waals surface area contributed by atoms with Crippen molar-refractivity contribution in [1.82, 2.24) is 4.98 Å². The van der Waals surface area contributed by atoms with Gasteiger partial charge in [0.2, 0.25) is 0 Å². The van der Waals surface area contributed by atoms with Crippen LogP contribution in [0, 0.1) is 5.82 Å². The molecule has 2 rings (SSSR count). The molecule has 6 nitrogen and oxygen atoms in total. The average Bonchev–Trinajstić information content (AvgIpc) is 2.49. The third-order valence-electron chi connectivity index (χ3n) is 2.60. The molecule has 0 saturated heterocycles. The Morgan fingerprint density at radius 3 is 2.68 bits per heavy atom. The molecule has 2 aromatic rings. The van der Waals surface area contributed by atoms with Crippen molar-refractivity contribution in [2.75, 3.05) is 16.8 Å². The summed E-state index contributed by atoms with van der Waals surface area (Å²) < 4.78 is 13.0. The number of anilines is 2. The number of rotatable bonds is 5. The Bertz CT molecular complexity index is 707. The zero-order valence-electron chi connectivity index (χ0n) is 11.2. The van der Waals surface area contributed by atoms with E-state index in [1.807, 2.05) is 0 Å². The zero-order chi connectivity index (χ0) is 16.1. The monoisotopic (exact) mass is 321 g/mol. The third kappa shape index (κ3) is 4.19. The van der Waals surface area contributed by atoms with Gasteiger partial charge in [-0.15, -0.1) is 0 Å². The highest BCUT2D eigenvalue weighted by Crippen LogP contribution is 2.18. The maximum Gasteiger partial charge on any atom is 0.313 e. The van der Waals surface area contributed by atoms with Crippen LogP contribution >= 0.6 is 11.8 Å². The van der Waals surface area contributed by atoms with Gasteiger partial charge in [-0.1, -0.05) is 11.8 Å². The Morgan fingerprint density at radius 1 is 1.32 bits per heavy atom. The molecule has 1 amide bonds. The zero-order valence-corrected chi connectivity index (χ0v) is 12.1. The number of carboxylic acid groups (broad SMARTS) is 1. The second-order valence-electron chi connectivity index (χ2n) is 4.26. The molecule has 114 valence electrons. The standard InChI is InChI=1S/C14H12FN3O3S/c15-10-3-2-9(5-11(10)16)18-14(21)8-1-4-12(17-6-8)22-7-13(19)20/h1-6H,7,16H2,(H,18,21)(H,19,20). The lowest BCUT2D eigenvalue weighted by Gasteiger charge is -2.07. The molecule has 0 atom stereocenters. The van der Waals surface area contributed by atoms with E-state index in [9.17, 15) is 14.0 Å². The fourth-order valence-electron chi connectivity index (χ4n) is 1.56. The van der Waals surface area contributed by atoms with Gasteiger partial charge in [0.1, 0.15) is 5.82 Å². The number of nitrogens with two attached hydrogens (primary N) is 1. The Hall–Kier alpha value is -2.61. The third-order valence-corrected chi connectivity index (χ3v) is 3.52. The van der Waals surface area contributed by atoms with E-state index in [1.165, 1.54) is 24.4 Å². The fraction of sp³-hybridized carbons (Fsp3) is 0.0714. The Labute approximate surface area is 129 Å². The van der Waals surface area contributed by atoms with Gasteiger partial charge in [0.05, 0.1) is 22.0 Å². The number of thioether (sulfide) groups is 1. The molecule has 0 spiro atoms. The van der Waals surface area contributed by atoms with E-state index in [2.05, 4.69) is 10.3 Å². The van der Waals surface area contributed by atoms with Crippen LogP contribution in [0.3, 0.4) is 0 Å². The highest BCUT2D eigenvalue weighted by atomic mass is 32.2. The summed E-state index contributed by atoms with van der Waals surface area (Å²) >= 11 is 1.06. The molecule has 0 aliphatic rings. The summed E-state index contributed by atoms with van der Waals surface area (Å²) in [6, 6.07) is 6.96. The first-order chi connectivity index (χ1) is 10.5. The molecular formula is C14H12FN3O3S. The predicted octanol–water partition coefficient (Wildman–Crippen LogP) is 2.23. The number of carbonyl (C=O) groups excluding carboxylic acids is 1. The van der Waals surface area contributed by atoms with E-state index in [0.717, 1.165) is 17.8 Å². The number of aromatic nitrogens is 1. The van der Waals surface area contributed by atoms with Gasteiger partial charge in [-0.25, -0.2) is 9.37 Å². The SMILES string of the molecule is Nc1cc(NC(=O)c2ccc(SCC(=O)O)nc2)ccc1F. The van der Waals surface area contributed by atoms with E-state index in [4.69, 9.17) is 10.8 Å². The van der Waals surface area contributed by atoms with Gasteiger partial charge in [-0.2, -0.15) is 0 Å². The van der Waals surface area contributed by atoms with Gasteiger partial charge in [-0.05, 0) is 30.3 Å². The molecule has 22 heavy (non-hydrogen) atoms. The minimum atomic E-state index is -0.942. The largest absolute Gasteiger partial charge is 0.481 e. The number of benzene rings is 1. The molecule has 0 saturated carbocycles. The van der Waals surface area contributed by atoms with E-state index in [0.29, 0.717) is 16.3 Å². The number of aliphatic carboxylic acids is 1. The summed E-state index contributed by atoms with van der Waals surface area (Å²) in [7, 11) is 0. The summed E-state index contributed by atoms with van der Waals surface area (Å²) in [5.41, 5.74) is 6.03. The number of amides is 1. The van der Waals surface area contributed by atoms with Gasteiger partial charge >= 0.3 is 5.97 Å². The number of carbonyl (C=O) groups is 2. The van der Waals surface area contributed by atoms with Crippen LogP contribution in [0.1, 0.15) is 10.4 Å². The van der Waals surface area contributed by atoms with Crippen LogP contribution in [0.25, 0.3) is 0 Å². The summed E-state index contributed by atoms with van der Waals surface area (Å²) in [6.45, 7) is 0. The van der Waals surface area contributed by atoms with Crippen molar-refractivity contribution >= 4 is 35.0 Å². The molecule has 4 N–H and O–H groups in total. The maximum absolute atomic E-state index is 13.0. The van der Waals surface area contributed by atoms with Crippen LogP contribution in [0.15, 0.2) is 41.6 Å². The normalized spacial score (nSPS) is 10.2. The van der Waals surface area contributed by atoms with Gasteiger partial charge < -0.3 is 16.2 Å². The molecule has 0 unspecified atom stereocenters. The van der Waals surface area contributed by atoms with Crippen molar-refractivity contribution in [3.05, 3.63) is 47.9 Å². The first-order valence-electron chi connectivity index (χ1n) is 6.13. The average molecular weight is 321 g/mol. The van der Waals surface area contributed by atoms with Crippen molar-refractivity contribution in [2.45, 2.75) is 5.03 Å². The smallest absolute Gasteiger partial charge is 0.313 e. The van der Waals surface area contributed by atoms with Crippen molar-refractivity contribution in [3.63, 3.8) is 0 Å². The number of hydrogen-bond donors (Lipinski definition) is 3. The molecule has 0 fully saturated rings. The Kier molecular flexibility index (Phi) is 4.95. The van der Waals surface area contributed by atoms with Crippen molar-refractivity contribution in [1.29, 1.82) is 0 Å². The molecule has 1 aromatic carbocycles. The van der Waals surface area contributed by atoms with E-state index in [-0.39, 0.29) is 11.4 Å². The van der Waals surface area contributed by atoms with Crippen LogP contribution < -0.4 is 11.1 Å². The van der Waals surface area contributed by atoms with Gasteiger partial charge in [-0.3, -0.25) is 9.59 Å². The topological polar surface area (TPSA) is 105 Å². The molecule has 0 aliphatic heterocycles. The molecule has 1 heterocycles. The number of halogens is 1. The lowest BCUT2D eigenvalue weighted by Crippen LogP contribution is -2.12. The highest BCUT2D eigenvalue weighted by molar-refractivity contribution is 7.99. The second-order valence-corrected chi connectivity index (χ2v) is 5.25. The van der Waals surface area contributed by atoms with Gasteiger partial charge in [0.15, 0.2) is 0 Å². The molecular weight excluding hydrogens is 309 g/mol. The molecule has 0 bridgehead atoms. The number of nitrogens with one attached hydrogen (secondary N) is 1. The van der Waals surface area contributed by atoms with Crippen LogP contribution in [0.2, 0.25) is 0 Å². The first kappa shape index (κ1) is 15.8. The lowest BCUT2D eigenvalue weighted by molar-refractivity contribution is -0.133. The Morgan fingerprint density at radius 2 is 2.09 bits per heavy atom. The van der Waals surface area contributed by atoms with E-state index in [1.54, 1.807) is 6.07 Å². The number of pyridine rings is 1. The van der Waals surface area contributed by atoms with Crippen LogP contribution in [0.5, 0.6) is 0 Å². The van der Waals surface area contributed by atoms with Gasteiger partial charge in [0.25, 0.3) is 5.91 Å². The Balaban J connectivity index is 2.03.